The van der Waals surface area contributed by atoms with Gasteiger partial charge in [0.2, 0.25) is 18.2 Å². The molecule has 41 heavy (non-hydrogen) atoms. The van der Waals surface area contributed by atoms with Crippen LogP contribution in [0.2, 0.25) is 0 Å². The van der Waals surface area contributed by atoms with Gasteiger partial charge in [0.1, 0.15) is 24.7 Å². The standard InChI is InChI=1S/C30H25N5O6/c1-20-24(32-30(41-20)26-9-6-14-37-26)18-38-25-12-10-21(15-27(25)36-2)17-39-29-22(11-13-28-33-31-19-40-28)16-35(34-29)23-7-4-3-5-8-23/h3-16,19H,17-18H2,1-2H3/b13-11+. The molecule has 4 aromatic heterocycles. The molecule has 11 heteroatoms. The fourth-order valence-electron chi connectivity index (χ4n) is 4.01. The van der Waals surface area contributed by atoms with Crippen LogP contribution in [0.25, 0.3) is 29.5 Å². The number of aromatic nitrogens is 5. The van der Waals surface area contributed by atoms with E-state index in [9.17, 15) is 0 Å². The highest BCUT2D eigenvalue weighted by atomic mass is 16.5. The molecule has 0 fully saturated rings. The van der Waals surface area contributed by atoms with Gasteiger partial charge in [0.15, 0.2) is 17.3 Å². The number of ether oxygens (including phenoxy) is 3. The first-order valence-corrected chi connectivity index (χ1v) is 12.7. The molecule has 0 atom stereocenters. The largest absolute Gasteiger partial charge is 0.493 e. The Hall–Kier alpha value is -5.58. The Morgan fingerprint density at radius 1 is 0.927 bits per heavy atom. The number of oxazole rings is 1. The first-order chi connectivity index (χ1) is 20.2. The molecule has 0 saturated heterocycles. The van der Waals surface area contributed by atoms with Crippen molar-refractivity contribution in [3.8, 4) is 34.7 Å². The predicted octanol–water partition coefficient (Wildman–Crippen LogP) is 6.15. The monoisotopic (exact) mass is 551 g/mol. The molecule has 0 amide bonds. The van der Waals surface area contributed by atoms with Gasteiger partial charge in [-0.15, -0.1) is 15.3 Å². The van der Waals surface area contributed by atoms with Crippen LogP contribution in [0, 0.1) is 6.92 Å². The van der Waals surface area contributed by atoms with Crippen LogP contribution in [0.15, 0.2) is 92.8 Å². The molecule has 0 N–H and O–H groups in total. The summed E-state index contributed by atoms with van der Waals surface area (Å²) < 4.78 is 35.8. The Balaban J connectivity index is 1.16. The maximum Gasteiger partial charge on any atom is 0.263 e. The molecule has 0 radical (unpaired) electrons. The van der Waals surface area contributed by atoms with E-state index in [0.29, 0.717) is 46.4 Å². The zero-order valence-electron chi connectivity index (χ0n) is 22.3. The summed E-state index contributed by atoms with van der Waals surface area (Å²) in [6.45, 7) is 2.29. The van der Waals surface area contributed by atoms with E-state index in [1.165, 1.54) is 6.39 Å². The molecule has 0 saturated carbocycles. The maximum absolute atomic E-state index is 6.14. The molecule has 0 spiro atoms. The molecule has 4 heterocycles. The van der Waals surface area contributed by atoms with E-state index in [2.05, 4.69) is 20.3 Å². The molecule has 11 nitrogen and oxygen atoms in total. The minimum atomic E-state index is 0.203. The van der Waals surface area contributed by atoms with E-state index in [1.54, 1.807) is 36.3 Å². The number of rotatable bonds is 11. The highest BCUT2D eigenvalue weighted by Gasteiger charge is 2.16. The third-order valence-electron chi connectivity index (χ3n) is 6.10. The Morgan fingerprint density at radius 2 is 1.83 bits per heavy atom. The van der Waals surface area contributed by atoms with Crippen molar-refractivity contribution in [2.45, 2.75) is 20.1 Å². The van der Waals surface area contributed by atoms with Gasteiger partial charge < -0.3 is 27.5 Å². The van der Waals surface area contributed by atoms with Gasteiger partial charge in [-0.1, -0.05) is 24.3 Å². The smallest absolute Gasteiger partial charge is 0.263 e. The first-order valence-electron chi connectivity index (χ1n) is 12.7. The third-order valence-corrected chi connectivity index (χ3v) is 6.10. The lowest BCUT2D eigenvalue weighted by Gasteiger charge is -2.12. The molecule has 0 bridgehead atoms. The molecule has 0 unspecified atom stereocenters. The number of benzene rings is 2. The summed E-state index contributed by atoms with van der Waals surface area (Å²) in [5.74, 6) is 3.56. The first kappa shape index (κ1) is 25.7. The second kappa shape index (κ2) is 11.7. The second-order valence-electron chi connectivity index (χ2n) is 8.84. The van der Waals surface area contributed by atoms with E-state index >= 15 is 0 Å². The maximum atomic E-state index is 6.14. The third kappa shape index (κ3) is 5.88. The van der Waals surface area contributed by atoms with Gasteiger partial charge in [0.05, 0.1) is 24.6 Å². The number of para-hydroxylation sites is 1. The van der Waals surface area contributed by atoms with Gasteiger partial charge in [-0.3, -0.25) is 0 Å². The molecule has 6 rings (SSSR count). The van der Waals surface area contributed by atoms with Gasteiger partial charge in [0.25, 0.3) is 5.89 Å². The van der Waals surface area contributed by atoms with E-state index < -0.39 is 0 Å². The molecule has 206 valence electrons. The van der Waals surface area contributed by atoms with Crippen molar-refractivity contribution in [1.82, 2.24) is 25.0 Å². The van der Waals surface area contributed by atoms with Crippen molar-refractivity contribution in [3.05, 3.63) is 108 Å². The summed E-state index contributed by atoms with van der Waals surface area (Å²) in [6, 6.07) is 18.9. The minimum absolute atomic E-state index is 0.203. The van der Waals surface area contributed by atoms with Crippen molar-refractivity contribution >= 4 is 12.2 Å². The van der Waals surface area contributed by atoms with Crippen LogP contribution in [0.5, 0.6) is 17.4 Å². The van der Waals surface area contributed by atoms with Crippen molar-refractivity contribution in [2.75, 3.05) is 7.11 Å². The fraction of sp³-hybridized carbons (Fsp3) is 0.133. The lowest BCUT2D eigenvalue weighted by molar-refractivity contribution is 0.275. The number of aryl methyl sites for hydroxylation is 1. The van der Waals surface area contributed by atoms with Crippen LogP contribution < -0.4 is 14.2 Å². The molecular weight excluding hydrogens is 526 g/mol. The topological polar surface area (TPSA) is 124 Å². The molecule has 6 aromatic rings. The average Bonchev–Trinajstić information content (AvgIpc) is 3.82. The average molecular weight is 552 g/mol. The quantitative estimate of drug-likeness (QED) is 0.185. The summed E-state index contributed by atoms with van der Waals surface area (Å²) in [6.07, 6.45) is 8.24. The van der Waals surface area contributed by atoms with E-state index in [4.69, 9.17) is 27.5 Å². The van der Waals surface area contributed by atoms with Gasteiger partial charge in [-0.25, -0.2) is 9.67 Å². The number of methoxy groups -OCH3 is 1. The zero-order valence-corrected chi connectivity index (χ0v) is 22.3. The molecule has 0 aliphatic rings. The Morgan fingerprint density at radius 3 is 2.61 bits per heavy atom. The summed E-state index contributed by atoms with van der Waals surface area (Å²) >= 11 is 0. The van der Waals surface area contributed by atoms with Gasteiger partial charge in [-0.05, 0) is 55.0 Å². The normalized spacial score (nSPS) is 11.3. The summed E-state index contributed by atoms with van der Waals surface area (Å²) in [7, 11) is 1.59. The lowest BCUT2D eigenvalue weighted by Crippen LogP contribution is -2.02. The minimum Gasteiger partial charge on any atom is -0.493 e. The van der Waals surface area contributed by atoms with Crippen LogP contribution in [-0.4, -0.2) is 32.1 Å². The summed E-state index contributed by atoms with van der Waals surface area (Å²) in [5.41, 5.74) is 3.18. The molecule has 0 aliphatic heterocycles. The summed E-state index contributed by atoms with van der Waals surface area (Å²) in [5, 5.41) is 12.2. The number of nitrogens with zero attached hydrogens (tertiary/aromatic N) is 5. The Labute approximate surface area is 234 Å². The van der Waals surface area contributed by atoms with Gasteiger partial charge >= 0.3 is 0 Å². The van der Waals surface area contributed by atoms with E-state index in [1.807, 2.05) is 67.7 Å². The number of furan rings is 1. The van der Waals surface area contributed by atoms with Crippen molar-refractivity contribution < 1.29 is 27.5 Å². The van der Waals surface area contributed by atoms with Crippen LogP contribution in [0.1, 0.15) is 28.5 Å². The molecule has 2 aromatic carbocycles. The predicted molar refractivity (Wildman–Crippen MR) is 147 cm³/mol. The SMILES string of the molecule is COc1cc(COc2nn(-c3ccccc3)cc2/C=C/c2nnco2)ccc1OCc1nc(-c2ccco2)oc1C. The van der Waals surface area contributed by atoms with Crippen LogP contribution in [-0.2, 0) is 13.2 Å². The van der Waals surface area contributed by atoms with Crippen molar-refractivity contribution in [3.63, 3.8) is 0 Å². The van der Waals surface area contributed by atoms with Crippen molar-refractivity contribution in [1.29, 1.82) is 0 Å². The van der Waals surface area contributed by atoms with E-state index in [-0.39, 0.29) is 13.2 Å². The zero-order chi connectivity index (χ0) is 28.0. The van der Waals surface area contributed by atoms with Crippen LogP contribution in [0.3, 0.4) is 0 Å². The molecule has 0 aliphatic carbocycles. The van der Waals surface area contributed by atoms with Crippen LogP contribution >= 0.6 is 0 Å². The lowest BCUT2D eigenvalue weighted by atomic mass is 10.2. The number of hydrogen-bond donors (Lipinski definition) is 0. The highest BCUT2D eigenvalue weighted by molar-refractivity contribution is 5.68. The molecular formula is C30H25N5O6. The summed E-state index contributed by atoms with van der Waals surface area (Å²) in [4.78, 5) is 4.49. The Bertz CT molecular complexity index is 1740. The highest BCUT2D eigenvalue weighted by Crippen LogP contribution is 2.31. The number of hydrogen-bond acceptors (Lipinski definition) is 10. The second-order valence-corrected chi connectivity index (χ2v) is 8.84. The van der Waals surface area contributed by atoms with Crippen LogP contribution in [0.4, 0.5) is 0 Å². The van der Waals surface area contributed by atoms with Crippen molar-refractivity contribution in [2.24, 2.45) is 0 Å². The fourth-order valence-corrected chi connectivity index (χ4v) is 4.01. The van der Waals surface area contributed by atoms with Gasteiger partial charge in [-0.2, -0.15) is 0 Å². The van der Waals surface area contributed by atoms with Gasteiger partial charge in [0, 0.05) is 12.3 Å². The Kier molecular flexibility index (Phi) is 7.30. The van der Waals surface area contributed by atoms with E-state index in [0.717, 1.165) is 16.8 Å².